The summed E-state index contributed by atoms with van der Waals surface area (Å²) in [5.41, 5.74) is 4.01. The number of rotatable bonds is 10. The van der Waals surface area contributed by atoms with Crippen molar-refractivity contribution >= 4 is 15.8 Å². The van der Waals surface area contributed by atoms with Gasteiger partial charge in [-0.2, -0.15) is 0 Å². The molecule has 2 aliphatic heterocycles. The highest BCUT2D eigenvalue weighted by Crippen LogP contribution is 2.43. The lowest BCUT2D eigenvalue weighted by atomic mass is 9.75. The quantitative estimate of drug-likeness (QED) is 0.366. The predicted molar refractivity (Wildman–Crippen MR) is 158 cm³/mol. The van der Waals surface area contributed by atoms with Crippen LogP contribution < -0.4 is 15.0 Å². The summed E-state index contributed by atoms with van der Waals surface area (Å²) in [5, 5.41) is 17.2. The van der Waals surface area contributed by atoms with Crippen LogP contribution in [0.1, 0.15) is 36.8 Å². The molecule has 2 saturated heterocycles. The molecule has 2 aromatic heterocycles. The Hall–Kier alpha value is -3.06. The van der Waals surface area contributed by atoms with Crippen LogP contribution in [-0.2, 0) is 10.0 Å². The van der Waals surface area contributed by atoms with Crippen molar-refractivity contribution in [2.75, 3.05) is 57.0 Å². The summed E-state index contributed by atoms with van der Waals surface area (Å²) in [4.78, 5) is 12.4. The van der Waals surface area contributed by atoms with Gasteiger partial charge in [0, 0.05) is 49.3 Å². The number of nitrogens with zero attached hydrogens (tertiary/aromatic N) is 5. The maximum Gasteiger partial charge on any atom is 0.213 e. The van der Waals surface area contributed by atoms with Crippen LogP contribution in [0.15, 0.2) is 28.8 Å². The second-order valence-corrected chi connectivity index (χ2v) is 13.5. The van der Waals surface area contributed by atoms with Gasteiger partial charge in [-0.1, -0.05) is 17.3 Å². The molecular weight excluding hydrogens is 544 g/mol. The number of sulfonamides is 1. The average Bonchev–Trinajstić information content (AvgIpc) is 3.28. The molecule has 12 heteroatoms. The van der Waals surface area contributed by atoms with Gasteiger partial charge in [0.05, 0.1) is 22.7 Å². The number of ether oxygens (including phenoxy) is 1. The van der Waals surface area contributed by atoms with Crippen LogP contribution in [0.2, 0.25) is 0 Å². The number of hydrogen-bond donors (Lipinski definition) is 2. The van der Waals surface area contributed by atoms with E-state index in [4.69, 9.17) is 19.2 Å². The zero-order valence-electron chi connectivity index (χ0n) is 24.5. The van der Waals surface area contributed by atoms with Gasteiger partial charge >= 0.3 is 0 Å². The van der Waals surface area contributed by atoms with Crippen molar-refractivity contribution in [1.82, 2.24) is 24.7 Å². The first-order chi connectivity index (χ1) is 19.6. The maximum absolute atomic E-state index is 12.4. The van der Waals surface area contributed by atoms with Crippen molar-refractivity contribution in [2.45, 2.75) is 46.6 Å². The summed E-state index contributed by atoms with van der Waals surface area (Å²) >= 11 is 0. The fraction of sp³-hybridized carbons (Fsp3) is 0.552. The summed E-state index contributed by atoms with van der Waals surface area (Å²) in [6, 6.07) is 7.57. The molecule has 2 aliphatic rings. The van der Waals surface area contributed by atoms with Gasteiger partial charge in [-0.05, 0) is 59.7 Å². The van der Waals surface area contributed by atoms with Gasteiger partial charge in [0.1, 0.15) is 30.0 Å². The van der Waals surface area contributed by atoms with Crippen molar-refractivity contribution in [3.05, 3.63) is 41.3 Å². The largest absolute Gasteiger partial charge is 0.491 e. The van der Waals surface area contributed by atoms with Gasteiger partial charge in [0.15, 0.2) is 5.82 Å². The van der Waals surface area contributed by atoms with Crippen LogP contribution in [0.25, 0.3) is 22.6 Å². The fourth-order valence-electron chi connectivity index (χ4n) is 5.95. The molecule has 0 bridgehead atoms. The summed E-state index contributed by atoms with van der Waals surface area (Å²) in [6.07, 6.45) is 1.32. The molecule has 1 aromatic carbocycles. The molecule has 41 heavy (non-hydrogen) atoms. The minimum atomic E-state index is -3.19. The number of nitrogens with one attached hydrogen (secondary N) is 1. The molecule has 0 radical (unpaired) electrons. The van der Waals surface area contributed by atoms with E-state index in [1.54, 1.807) is 18.3 Å². The molecule has 11 nitrogen and oxygen atoms in total. The number of hydrogen-bond acceptors (Lipinski definition) is 10. The van der Waals surface area contributed by atoms with E-state index in [9.17, 15) is 13.5 Å². The van der Waals surface area contributed by atoms with E-state index < -0.39 is 16.1 Å². The van der Waals surface area contributed by atoms with E-state index >= 15 is 0 Å². The monoisotopic (exact) mass is 584 g/mol. The molecule has 1 atom stereocenters. The molecule has 222 valence electrons. The van der Waals surface area contributed by atoms with Gasteiger partial charge in [-0.3, -0.25) is 0 Å². The summed E-state index contributed by atoms with van der Waals surface area (Å²) in [6.45, 7) is 10.8. The Bertz CT molecular complexity index is 1480. The topological polar surface area (TPSA) is 134 Å². The van der Waals surface area contributed by atoms with E-state index in [1.807, 2.05) is 45.0 Å². The van der Waals surface area contributed by atoms with Crippen molar-refractivity contribution < 1.29 is 22.8 Å². The zero-order chi connectivity index (χ0) is 29.4. The average molecular weight is 585 g/mol. The predicted octanol–water partition coefficient (Wildman–Crippen LogP) is 2.93. The lowest BCUT2D eigenvalue weighted by molar-refractivity contribution is 0.0535. The normalized spacial score (nSPS) is 18.0. The van der Waals surface area contributed by atoms with Crippen LogP contribution in [0, 0.1) is 26.2 Å². The summed E-state index contributed by atoms with van der Waals surface area (Å²) in [7, 11) is -1.41. The fourth-order valence-corrected chi connectivity index (χ4v) is 7.25. The van der Waals surface area contributed by atoms with Crippen molar-refractivity contribution in [1.29, 1.82) is 0 Å². The minimum Gasteiger partial charge on any atom is -0.491 e. The third kappa shape index (κ3) is 5.97. The highest BCUT2D eigenvalue weighted by molar-refractivity contribution is 7.89. The molecule has 4 heterocycles. The smallest absolute Gasteiger partial charge is 0.213 e. The molecule has 2 fully saturated rings. The van der Waals surface area contributed by atoms with Crippen molar-refractivity contribution in [3.8, 4) is 28.4 Å². The third-order valence-electron chi connectivity index (χ3n) is 8.11. The summed E-state index contributed by atoms with van der Waals surface area (Å²) < 4.78 is 37.9. The van der Waals surface area contributed by atoms with E-state index in [0.29, 0.717) is 37.0 Å². The number of benzene rings is 1. The molecule has 0 aliphatic carbocycles. The molecule has 2 N–H and O–H groups in total. The van der Waals surface area contributed by atoms with E-state index in [-0.39, 0.29) is 17.8 Å². The van der Waals surface area contributed by atoms with Crippen LogP contribution in [0.5, 0.6) is 5.75 Å². The van der Waals surface area contributed by atoms with Crippen molar-refractivity contribution in [2.24, 2.45) is 5.41 Å². The van der Waals surface area contributed by atoms with Gasteiger partial charge in [-0.25, -0.2) is 22.7 Å². The number of anilines is 1. The first kappa shape index (κ1) is 29.4. The molecule has 3 aromatic rings. The van der Waals surface area contributed by atoms with Crippen LogP contribution in [-0.4, -0.2) is 91.2 Å². The van der Waals surface area contributed by atoms with E-state index in [2.05, 4.69) is 15.4 Å². The molecule has 0 saturated carbocycles. The maximum atomic E-state index is 12.4. The Morgan fingerprint density at radius 1 is 1.20 bits per heavy atom. The van der Waals surface area contributed by atoms with Gasteiger partial charge in [0.25, 0.3) is 0 Å². The Morgan fingerprint density at radius 3 is 2.66 bits per heavy atom. The van der Waals surface area contributed by atoms with E-state index in [0.717, 1.165) is 59.8 Å². The number of aromatic nitrogens is 3. The van der Waals surface area contributed by atoms with Crippen LogP contribution in [0.3, 0.4) is 0 Å². The molecule has 5 rings (SSSR count). The third-order valence-corrected chi connectivity index (χ3v) is 9.88. The van der Waals surface area contributed by atoms with Gasteiger partial charge in [0.2, 0.25) is 10.0 Å². The number of piperidine rings is 1. The number of likely N-dealkylation sites (N-methyl/N-ethyl adjacent to an activating group) is 1. The van der Waals surface area contributed by atoms with E-state index in [1.165, 1.54) is 0 Å². The second-order valence-electron chi connectivity index (χ2n) is 11.3. The van der Waals surface area contributed by atoms with Gasteiger partial charge in [-0.15, -0.1) is 0 Å². The lowest BCUT2D eigenvalue weighted by Crippen LogP contribution is -2.64. The highest BCUT2D eigenvalue weighted by Gasteiger charge is 2.49. The molecule has 1 unspecified atom stereocenters. The first-order valence-electron chi connectivity index (χ1n) is 14.2. The lowest BCUT2D eigenvalue weighted by Gasteiger charge is -2.54. The highest BCUT2D eigenvalue weighted by atomic mass is 32.2. The number of aliphatic hydroxyl groups excluding tert-OH is 1. The Kier molecular flexibility index (Phi) is 8.38. The Balaban J connectivity index is 1.51. The van der Waals surface area contributed by atoms with Gasteiger partial charge < -0.3 is 24.6 Å². The first-order valence-corrected chi connectivity index (χ1v) is 15.8. The van der Waals surface area contributed by atoms with Crippen LogP contribution >= 0.6 is 0 Å². The SMILES string of the molecule is CCS(=O)(=O)N1CC2(CCCN(c3nc(-c4cccc(OCC(O)CNC)c4)nc(-c4c(C)noc4C)c3C)C2)C1. The standard InChI is InChI=1S/C29H40N6O5S/c1-6-41(37,38)35-17-29(18-35)11-8-12-34(16-29)28-19(2)26(25-20(3)33-40-21(25)4)31-27(32-28)22-9-7-10-24(13-22)39-15-23(36)14-30-5/h7,9-10,13,23,30,36H,6,8,11-12,14-18H2,1-5H3. The Morgan fingerprint density at radius 2 is 1.98 bits per heavy atom. The summed E-state index contributed by atoms with van der Waals surface area (Å²) in [5.74, 6) is 2.80. The molecule has 0 amide bonds. The van der Waals surface area contributed by atoms with Crippen LogP contribution in [0.4, 0.5) is 5.82 Å². The second kappa shape index (κ2) is 11.7. The number of aliphatic hydroxyl groups is 1. The number of aryl methyl sites for hydroxylation is 2. The zero-order valence-corrected chi connectivity index (χ0v) is 25.3. The Labute approximate surface area is 242 Å². The molecular formula is C29H40N6O5S. The minimum absolute atomic E-state index is 0.0802. The molecule has 1 spiro atoms. The van der Waals surface area contributed by atoms with Crippen molar-refractivity contribution in [3.63, 3.8) is 0 Å².